The highest BCUT2D eigenvalue weighted by Gasteiger charge is 2.09. The van der Waals surface area contributed by atoms with Crippen LogP contribution in [0.2, 0.25) is 0 Å². The van der Waals surface area contributed by atoms with Crippen LogP contribution >= 0.6 is 12.2 Å². The van der Waals surface area contributed by atoms with E-state index in [-0.39, 0.29) is 5.69 Å². The van der Waals surface area contributed by atoms with E-state index in [4.69, 9.17) is 17.0 Å². The molecule has 0 fully saturated rings. The lowest BCUT2D eigenvalue weighted by molar-refractivity contribution is -0.384. The molecule has 0 aliphatic rings. The number of non-ortho nitro benzene ring substituents is 1. The minimum atomic E-state index is -0.426. The van der Waals surface area contributed by atoms with Gasteiger partial charge in [0.2, 0.25) is 0 Å². The van der Waals surface area contributed by atoms with Gasteiger partial charge in [-0.25, -0.2) is 0 Å². The van der Waals surface area contributed by atoms with Crippen molar-refractivity contribution in [1.82, 2.24) is 0 Å². The molecular weight excluding hydrogens is 302 g/mol. The van der Waals surface area contributed by atoms with E-state index in [2.05, 4.69) is 10.6 Å². The zero-order valence-electron chi connectivity index (χ0n) is 12.1. The molecule has 2 N–H and O–H groups in total. The lowest BCUT2D eigenvalue weighted by Crippen LogP contribution is -2.19. The van der Waals surface area contributed by atoms with Gasteiger partial charge < -0.3 is 15.4 Å². The zero-order chi connectivity index (χ0) is 16.1. The van der Waals surface area contributed by atoms with Crippen LogP contribution in [-0.2, 0) is 0 Å². The highest BCUT2D eigenvalue weighted by Crippen LogP contribution is 2.21. The Kier molecular flexibility index (Phi) is 4.90. The van der Waals surface area contributed by atoms with Crippen molar-refractivity contribution in [3.05, 3.63) is 58.1 Å². The minimum Gasteiger partial charge on any atom is -0.497 e. The maximum absolute atomic E-state index is 10.7. The van der Waals surface area contributed by atoms with Crippen LogP contribution in [-0.4, -0.2) is 17.1 Å². The molecule has 0 saturated carbocycles. The molecule has 114 valence electrons. The van der Waals surface area contributed by atoms with E-state index in [0.717, 1.165) is 22.7 Å². The molecule has 0 amide bonds. The van der Waals surface area contributed by atoms with Gasteiger partial charge >= 0.3 is 0 Å². The molecule has 0 spiro atoms. The Bertz CT molecular complexity index is 702. The summed E-state index contributed by atoms with van der Waals surface area (Å²) in [6.07, 6.45) is 0. The fourth-order valence-electron chi connectivity index (χ4n) is 1.86. The standard InChI is InChI=1S/C15H15N3O3S/c1-10-9-12(18(19)20)5-8-14(10)17-15(22)16-11-3-6-13(21-2)7-4-11/h3-9H,1-2H3,(H2,16,17,22). The van der Waals surface area contributed by atoms with Crippen molar-refractivity contribution in [2.45, 2.75) is 6.92 Å². The van der Waals surface area contributed by atoms with Crippen molar-refractivity contribution in [1.29, 1.82) is 0 Å². The monoisotopic (exact) mass is 317 g/mol. The van der Waals surface area contributed by atoms with Gasteiger partial charge in [0.05, 0.1) is 12.0 Å². The summed E-state index contributed by atoms with van der Waals surface area (Å²) in [5.74, 6) is 0.760. The second kappa shape index (κ2) is 6.86. The fourth-order valence-corrected chi connectivity index (χ4v) is 2.09. The average molecular weight is 317 g/mol. The van der Waals surface area contributed by atoms with E-state index < -0.39 is 4.92 Å². The SMILES string of the molecule is COc1ccc(NC(=S)Nc2ccc([N+](=O)[O-])cc2C)cc1. The zero-order valence-corrected chi connectivity index (χ0v) is 12.9. The Morgan fingerprint density at radius 2 is 1.86 bits per heavy atom. The fraction of sp³-hybridized carbons (Fsp3) is 0.133. The first kappa shape index (κ1) is 15.7. The average Bonchev–Trinajstić information content (AvgIpc) is 2.50. The summed E-state index contributed by atoms with van der Waals surface area (Å²) in [5.41, 5.74) is 2.33. The largest absolute Gasteiger partial charge is 0.497 e. The number of anilines is 2. The number of nitrogens with zero attached hydrogens (tertiary/aromatic N) is 1. The molecule has 2 aromatic carbocycles. The van der Waals surface area contributed by atoms with Gasteiger partial charge in [0, 0.05) is 23.5 Å². The van der Waals surface area contributed by atoms with Crippen molar-refractivity contribution >= 4 is 34.4 Å². The lowest BCUT2D eigenvalue weighted by Gasteiger charge is -2.12. The van der Waals surface area contributed by atoms with E-state index in [1.807, 2.05) is 24.3 Å². The Balaban J connectivity index is 2.03. The predicted molar refractivity (Wildman–Crippen MR) is 90.7 cm³/mol. The molecule has 0 aliphatic carbocycles. The highest BCUT2D eigenvalue weighted by atomic mass is 32.1. The number of benzene rings is 2. The van der Waals surface area contributed by atoms with Crippen molar-refractivity contribution < 1.29 is 9.66 Å². The summed E-state index contributed by atoms with van der Waals surface area (Å²) in [5, 5.41) is 17.2. The first-order chi connectivity index (χ1) is 10.5. The van der Waals surface area contributed by atoms with Gasteiger partial charge in [-0.3, -0.25) is 10.1 Å². The number of rotatable bonds is 4. The summed E-state index contributed by atoms with van der Waals surface area (Å²) >= 11 is 5.24. The smallest absolute Gasteiger partial charge is 0.269 e. The number of methoxy groups -OCH3 is 1. The van der Waals surface area contributed by atoms with E-state index >= 15 is 0 Å². The van der Waals surface area contributed by atoms with Crippen LogP contribution in [0.5, 0.6) is 5.75 Å². The van der Waals surface area contributed by atoms with Crippen LogP contribution in [0.25, 0.3) is 0 Å². The normalized spacial score (nSPS) is 9.91. The Morgan fingerprint density at radius 3 is 2.41 bits per heavy atom. The van der Waals surface area contributed by atoms with Crippen molar-refractivity contribution in [2.24, 2.45) is 0 Å². The van der Waals surface area contributed by atoms with E-state index in [0.29, 0.717) is 5.11 Å². The molecule has 0 heterocycles. The van der Waals surface area contributed by atoms with Crippen LogP contribution in [0.1, 0.15) is 5.56 Å². The van der Waals surface area contributed by atoms with Gasteiger partial charge in [-0.15, -0.1) is 0 Å². The van der Waals surface area contributed by atoms with E-state index in [9.17, 15) is 10.1 Å². The first-order valence-corrected chi connectivity index (χ1v) is 6.87. The molecule has 0 atom stereocenters. The van der Waals surface area contributed by atoms with Gasteiger partial charge in [-0.05, 0) is 55.0 Å². The maximum Gasteiger partial charge on any atom is 0.269 e. The third-order valence-corrected chi connectivity index (χ3v) is 3.22. The predicted octanol–water partition coefficient (Wildman–Crippen LogP) is 3.72. The second-order valence-electron chi connectivity index (χ2n) is 4.56. The molecule has 0 aliphatic heterocycles. The number of hydrogen-bond donors (Lipinski definition) is 2. The van der Waals surface area contributed by atoms with Crippen LogP contribution in [0.15, 0.2) is 42.5 Å². The molecule has 2 rings (SSSR count). The van der Waals surface area contributed by atoms with Crippen molar-refractivity contribution in [3.8, 4) is 5.75 Å². The van der Waals surface area contributed by atoms with Crippen molar-refractivity contribution in [2.75, 3.05) is 17.7 Å². The number of nitro benzene ring substituents is 1. The summed E-state index contributed by atoms with van der Waals surface area (Å²) in [6, 6.07) is 11.9. The minimum absolute atomic E-state index is 0.0529. The highest BCUT2D eigenvalue weighted by molar-refractivity contribution is 7.80. The molecule has 0 aromatic heterocycles. The molecule has 6 nitrogen and oxygen atoms in total. The topological polar surface area (TPSA) is 76.4 Å². The summed E-state index contributed by atoms with van der Waals surface area (Å²) < 4.78 is 5.08. The van der Waals surface area contributed by atoms with Gasteiger partial charge in [0.25, 0.3) is 5.69 Å². The summed E-state index contributed by atoms with van der Waals surface area (Å²) in [4.78, 5) is 10.3. The molecule has 0 radical (unpaired) electrons. The van der Waals surface area contributed by atoms with Gasteiger partial charge in [0.1, 0.15) is 5.75 Å². The van der Waals surface area contributed by atoms with Gasteiger partial charge in [0.15, 0.2) is 5.11 Å². The molecular formula is C15H15N3O3S. The number of thiocarbonyl (C=S) groups is 1. The molecule has 7 heteroatoms. The Hall–Kier alpha value is -2.67. The van der Waals surface area contributed by atoms with E-state index in [1.165, 1.54) is 12.1 Å². The van der Waals surface area contributed by atoms with E-state index in [1.54, 1.807) is 20.1 Å². The third-order valence-electron chi connectivity index (χ3n) is 3.02. The lowest BCUT2D eigenvalue weighted by atomic mass is 10.2. The number of hydrogen-bond acceptors (Lipinski definition) is 4. The van der Waals surface area contributed by atoms with Crippen LogP contribution < -0.4 is 15.4 Å². The molecule has 0 unspecified atom stereocenters. The Labute approximate surface area is 133 Å². The number of ether oxygens (including phenoxy) is 1. The Morgan fingerprint density at radius 1 is 1.18 bits per heavy atom. The first-order valence-electron chi connectivity index (χ1n) is 6.46. The molecule has 2 aromatic rings. The molecule has 0 bridgehead atoms. The van der Waals surface area contributed by atoms with Gasteiger partial charge in [-0.1, -0.05) is 0 Å². The van der Waals surface area contributed by atoms with Gasteiger partial charge in [-0.2, -0.15) is 0 Å². The third kappa shape index (κ3) is 3.92. The van der Waals surface area contributed by atoms with Crippen molar-refractivity contribution in [3.63, 3.8) is 0 Å². The summed E-state index contributed by atoms with van der Waals surface area (Å²) in [7, 11) is 1.60. The number of nitrogens with one attached hydrogen (secondary N) is 2. The molecule has 22 heavy (non-hydrogen) atoms. The second-order valence-corrected chi connectivity index (χ2v) is 4.97. The van der Waals surface area contributed by atoms with Crippen LogP contribution in [0.4, 0.5) is 17.1 Å². The van der Waals surface area contributed by atoms with Crippen LogP contribution in [0, 0.1) is 17.0 Å². The quantitative estimate of drug-likeness (QED) is 0.508. The molecule has 0 saturated heterocycles. The maximum atomic E-state index is 10.7. The number of aryl methyl sites for hydroxylation is 1. The van der Waals surface area contributed by atoms with Crippen LogP contribution in [0.3, 0.4) is 0 Å². The number of nitro groups is 1. The summed E-state index contributed by atoms with van der Waals surface area (Å²) in [6.45, 7) is 1.78.